The largest absolute Gasteiger partial charge is 0.492 e. The number of nitrogens with zero attached hydrogens (tertiary/aromatic N) is 1. The minimum Gasteiger partial charge on any atom is -0.492 e. The van der Waals surface area contributed by atoms with Crippen LogP contribution in [-0.4, -0.2) is 154 Å². The van der Waals surface area contributed by atoms with Crippen LogP contribution >= 0.6 is 23.8 Å². The molecule has 0 aliphatic rings. The molecule has 0 saturated heterocycles. The molecule has 15 heteroatoms. The van der Waals surface area contributed by atoms with Crippen molar-refractivity contribution in [2.45, 2.75) is 68.4 Å². The molecule has 0 radical (unpaired) electrons. The van der Waals surface area contributed by atoms with Gasteiger partial charge in [-0.15, -0.1) is 12.4 Å². The predicted molar refractivity (Wildman–Crippen MR) is 153 cm³/mol. The maximum absolute atomic E-state index is 10.4. The fourth-order valence-corrected chi connectivity index (χ4v) is 4.39. The number of benzene rings is 1. The van der Waals surface area contributed by atoms with Crippen molar-refractivity contribution in [1.29, 1.82) is 0 Å². The first kappa shape index (κ1) is 39.0. The van der Waals surface area contributed by atoms with E-state index in [9.17, 15) is 46.0 Å². The maximum atomic E-state index is 10.4. The highest BCUT2D eigenvalue weighted by atomic mass is 35.5. The molecule has 0 spiro atoms. The lowest BCUT2D eigenvalue weighted by atomic mass is 10.0. The summed E-state index contributed by atoms with van der Waals surface area (Å²) >= 11 is 0.808. The van der Waals surface area contributed by atoms with E-state index >= 15 is 0 Å². The van der Waals surface area contributed by atoms with Crippen molar-refractivity contribution in [3.05, 3.63) is 29.8 Å². The van der Waals surface area contributed by atoms with Gasteiger partial charge in [0.05, 0.1) is 30.5 Å². The molecule has 0 unspecified atom stereocenters. The second kappa shape index (κ2) is 20.0. The van der Waals surface area contributed by atoms with Gasteiger partial charge in [-0.05, 0) is 17.7 Å². The Morgan fingerprint density at radius 3 is 1.57 bits per heavy atom. The Kier molecular flexibility index (Phi) is 19.6. The molecule has 0 saturated carbocycles. The van der Waals surface area contributed by atoms with Gasteiger partial charge in [-0.2, -0.15) is 11.4 Å². The molecule has 11 N–H and O–H groups in total. The summed E-state index contributed by atoms with van der Waals surface area (Å²) in [5.74, 6) is 1.21. The summed E-state index contributed by atoms with van der Waals surface area (Å²) in [6.07, 6.45) is -14.2. The van der Waals surface area contributed by atoms with Crippen LogP contribution in [0.25, 0.3) is 0 Å². The van der Waals surface area contributed by atoms with Crippen LogP contribution in [0.2, 0.25) is 0 Å². The van der Waals surface area contributed by atoms with Gasteiger partial charge in [-0.3, -0.25) is 4.90 Å². The third-order valence-corrected chi connectivity index (χ3v) is 7.44. The van der Waals surface area contributed by atoms with Gasteiger partial charge in [0.2, 0.25) is 0 Å². The van der Waals surface area contributed by atoms with Crippen LogP contribution in [0.1, 0.15) is 19.4 Å². The molecule has 0 fully saturated rings. The van der Waals surface area contributed by atoms with Gasteiger partial charge in [-0.1, -0.05) is 26.0 Å². The van der Waals surface area contributed by atoms with Crippen molar-refractivity contribution >= 4 is 28.8 Å². The third kappa shape index (κ3) is 13.4. The van der Waals surface area contributed by atoms with Crippen molar-refractivity contribution in [2.75, 3.05) is 39.5 Å². The third-order valence-electron chi connectivity index (χ3n) is 6.08. The van der Waals surface area contributed by atoms with E-state index in [1.807, 2.05) is 26.0 Å². The van der Waals surface area contributed by atoms with Gasteiger partial charge in [0, 0.05) is 31.3 Å². The molecule has 0 aromatic heterocycles. The minimum absolute atomic E-state index is 0. The van der Waals surface area contributed by atoms with E-state index in [1.165, 1.54) is 4.90 Å². The zero-order valence-corrected chi connectivity index (χ0v) is 24.3. The quantitative estimate of drug-likeness (QED) is 0.0546. The van der Waals surface area contributed by atoms with Crippen LogP contribution in [0.4, 0.5) is 0 Å². The number of aliphatic hydroxyl groups excluding tert-OH is 11. The molecule has 0 amide bonds. The van der Waals surface area contributed by atoms with E-state index in [4.69, 9.17) is 14.9 Å². The van der Waals surface area contributed by atoms with Crippen molar-refractivity contribution in [3.63, 3.8) is 0 Å². The van der Waals surface area contributed by atoms with Crippen LogP contribution in [0.5, 0.6) is 5.75 Å². The standard InChI is InChI=1S/C25H45NO12S.ClH/c1-14(2)25(37)39-13-15-3-5-16(6-4-15)38-8-7-26(9-17(29)21(33)23(35)19(31)11-27)10-18(30)22(34)24(36)20(32)12-28;/h3-6,14,17-24,27-37,39H,7-13H2,1-2H3;1H/t17-,18-,19+,20+,21+,22+,23+,24+;/m0./s1. The molecule has 236 valence electrons. The second-order valence-corrected chi connectivity index (χ2v) is 10.8. The average Bonchev–Trinajstić information content (AvgIpc) is 2.93. The fourth-order valence-electron chi connectivity index (χ4n) is 3.47. The first-order valence-electron chi connectivity index (χ1n) is 12.7. The zero-order valence-electron chi connectivity index (χ0n) is 22.6. The number of rotatable bonds is 19. The SMILES string of the molecule is CC(C)C(O)=[SH]Cc1ccc(OCCN(C[C@H](O)[C@@H](O)[C@H](O)[C@H](O)CO)C[C@H](O)[C@@H](O)[C@H](O)[C@H](O)CO)cc1.Cl. The lowest BCUT2D eigenvalue weighted by Gasteiger charge is -2.33. The molecule has 1 rings (SSSR count). The van der Waals surface area contributed by atoms with Crippen LogP contribution < -0.4 is 4.74 Å². The van der Waals surface area contributed by atoms with Gasteiger partial charge >= 0.3 is 0 Å². The molecule has 13 nitrogen and oxygen atoms in total. The molecular formula is C25H46ClNO12S. The van der Waals surface area contributed by atoms with Crippen LogP contribution in [0, 0.1) is 5.92 Å². The smallest absolute Gasteiger partial charge is 0.119 e. The van der Waals surface area contributed by atoms with E-state index in [0.717, 1.165) is 16.9 Å². The van der Waals surface area contributed by atoms with E-state index in [-0.39, 0.29) is 44.6 Å². The molecule has 8 atom stereocenters. The van der Waals surface area contributed by atoms with E-state index in [0.29, 0.717) is 16.6 Å². The Hall–Kier alpha value is -0.950. The summed E-state index contributed by atoms with van der Waals surface area (Å²) < 4.78 is 5.71. The number of thiol groups is 1. The van der Waals surface area contributed by atoms with Crippen molar-refractivity contribution in [1.82, 2.24) is 4.90 Å². The van der Waals surface area contributed by atoms with Gasteiger partial charge in [0.25, 0.3) is 0 Å². The van der Waals surface area contributed by atoms with Gasteiger partial charge in [0.15, 0.2) is 0 Å². The molecule has 1 aromatic rings. The fraction of sp³-hybridized carbons (Fsp3) is 0.720. The summed E-state index contributed by atoms with van der Waals surface area (Å²) in [6.45, 7) is 1.40. The first-order chi connectivity index (χ1) is 18.3. The molecular weight excluding hydrogens is 574 g/mol. The number of ether oxygens (including phenoxy) is 1. The second-order valence-electron chi connectivity index (χ2n) is 9.68. The number of aliphatic hydroxyl groups is 11. The summed E-state index contributed by atoms with van der Waals surface area (Å²) in [6, 6.07) is 7.15. The van der Waals surface area contributed by atoms with E-state index in [1.54, 1.807) is 12.1 Å². The molecule has 0 bridgehead atoms. The summed E-state index contributed by atoms with van der Waals surface area (Å²) in [5.41, 5.74) is 0.985. The van der Waals surface area contributed by atoms with Crippen molar-refractivity contribution < 1.29 is 60.9 Å². The van der Waals surface area contributed by atoms with E-state index in [2.05, 4.69) is 0 Å². The Morgan fingerprint density at radius 1 is 0.750 bits per heavy atom. The monoisotopic (exact) mass is 619 g/mol. The highest BCUT2D eigenvalue weighted by molar-refractivity contribution is 7.97. The molecule has 40 heavy (non-hydrogen) atoms. The molecule has 0 heterocycles. The first-order valence-corrected chi connectivity index (χ1v) is 13.7. The normalized spacial score (nSPS) is 18.6. The molecule has 0 aliphatic heterocycles. The minimum atomic E-state index is -1.86. The van der Waals surface area contributed by atoms with Gasteiger partial charge < -0.3 is 60.9 Å². The highest BCUT2D eigenvalue weighted by Gasteiger charge is 2.34. The lowest BCUT2D eigenvalue weighted by molar-refractivity contribution is -0.130. The number of hydrogen-bond acceptors (Lipinski definition) is 12. The topological polar surface area (TPSA) is 235 Å². The highest BCUT2D eigenvalue weighted by Crippen LogP contribution is 2.16. The number of halogens is 1. The van der Waals surface area contributed by atoms with E-state index < -0.39 is 62.0 Å². The summed E-state index contributed by atoms with van der Waals surface area (Å²) in [5, 5.41) is 108. The van der Waals surface area contributed by atoms with Crippen LogP contribution in [0.3, 0.4) is 0 Å². The lowest BCUT2D eigenvalue weighted by Crippen LogP contribution is -2.53. The van der Waals surface area contributed by atoms with Gasteiger partial charge in [-0.25, -0.2) is 0 Å². The predicted octanol–water partition coefficient (Wildman–Crippen LogP) is -3.03. The van der Waals surface area contributed by atoms with Crippen LogP contribution in [0.15, 0.2) is 24.3 Å². The molecule has 1 aromatic carbocycles. The Bertz CT molecular complexity index is 807. The zero-order chi connectivity index (χ0) is 29.7. The van der Waals surface area contributed by atoms with Crippen LogP contribution in [-0.2, 0) is 5.75 Å². The Labute approximate surface area is 243 Å². The summed E-state index contributed by atoms with van der Waals surface area (Å²) in [4.78, 5) is 1.36. The average molecular weight is 620 g/mol. The van der Waals surface area contributed by atoms with Crippen molar-refractivity contribution in [3.8, 4) is 5.75 Å². The summed E-state index contributed by atoms with van der Waals surface area (Å²) in [7, 11) is 0. The Balaban J connectivity index is 0.0000152. The Morgan fingerprint density at radius 2 is 1.18 bits per heavy atom. The van der Waals surface area contributed by atoms with Crippen molar-refractivity contribution in [2.24, 2.45) is 5.92 Å². The molecule has 0 aliphatic carbocycles. The number of hydrogen-bond donors (Lipinski definition) is 12. The van der Waals surface area contributed by atoms with Gasteiger partial charge in [0.1, 0.15) is 49.0 Å². The maximum Gasteiger partial charge on any atom is 0.119 e.